The molecule has 0 fully saturated rings. The highest BCUT2D eigenvalue weighted by molar-refractivity contribution is 5.06. The van der Waals surface area contributed by atoms with E-state index < -0.39 is 12.2 Å². The molecule has 2 N–H and O–H groups in total. The molecule has 0 aliphatic rings. The molecule has 2 heteroatoms. The number of rotatable bonds is 9. The van der Waals surface area contributed by atoms with E-state index in [0.29, 0.717) is 0 Å². The van der Waals surface area contributed by atoms with Crippen molar-refractivity contribution >= 4 is 0 Å². The van der Waals surface area contributed by atoms with E-state index in [-0.39, 0.29) is 0 Å². The molecular weight excluding hydrogens is 224 g/mol. The fourth-order valence-corrected chi connectivity index (χ4v) is 1.44. The van der Waals surface area contributed by atoms with Crippen LogP contribution in [0.15, 0.2) is 24.3 Å². The van der Waals surface area contributed by atoms with Crippen molar-refractivity contribution in [3.05, 3.63) is 24.3 Å². The third kappa shape index (κ3) is 11.0. The second-order valence-electron chi connectivity index (χ2n) is 4.07. The molecule has 18 heavy (non-hydrogen) atoms. The average molecular weight is 246 g/mol. The molecule has 0 aliphatic carbocycles. The monoisotopic (exact) mass is 246 g/mol. The standard InChI is InChI=1S/C16H22O2/c1-3-15(17)13-11-9-7-5-6-8-10-12-14-16(18)4-2/h1-2,11-18H,5-10H2/b13-11+,14-12+. The summed E-state index contributed by atoms with van der Waals surface area (Å²) in [6.45, 7) is 0. The Kier molecular flexibility index (Phi) is 11.0. The van der Waals surface area contributed by atoms with Crippen LogP contribution in [-0.4, -0.2) is 22.4 Å². The molecule has 0 saturated carbocycles. The lowest BCUT2D eigenvalue weighted by molar-refractivity contribution is 0.280. The van der Waals surface area contributed by atoms with E-state index in [9.17, 15) is 0 Å². The summed E-state index contributed by atoms with van der Waals surface area (Å²) in [7, 11) is 0. The van der Waals surface area contributed by atoms with E-state index in [1.807, 2.05) is 12.2 Å². The van der Waals surface area contributed by atoms with Crippen LogP contribution < -0.4 is 0 Å². The number of aliphatic hydroxyl groups is 2. The molecular formula is C16H22O2. The van der Waals surface area contributed by atoms with Gasteiger partial charge in [-0.2, -0.15) is 0 Å². The van der Waals surface area contributed by atoms with Crippen LogP contribution in [0.2, 0.25) is 0 Å². The van der Waals surface area contributed by atoms with E-state index in [0.717, 1.165) is 38.5 Å². The van der Waals surface area contributed by atoms with Crippen LogP contribution in [0.3, 0.4) is 0 Å². The minimum Gasteiger partial charge on any atom is -0.377 e. The summed E-state index contributed by atoms with van der Waals surface area (Å²) >= 11 is 0. The first-order valence-corrected chi connectivity index (χ1v) is 6.32. The zero-order valence-electron chi connectivity index (χ0n) is 10.8. The van der Waals surface area contributed by atoms with Crippen molar-refractivity contribution in [3.63, 3.8) is 0 Å². The zero-order chi connectivity index (χ0) is 13.6. The topological polar surface area (TPSA) is 40.5 Å². The van der Waals surface area contributed by atoms with Gasteiger partial charge < -0.3 is 10.2 Å². The summed E-state index contributed by atoms with van der Waals surface area (Å²) in [5, 5.41) is 18.1. The highest BCUT2D eigenvalue weighted by Crippen LogP contribution is 2.06. The first-order valence-electron chi connectivity index (χ1n) is 6.32. The minimum atomic E-state index is -0.752. The molecule has 0 heterocycles. The van der Waals surface area contributed by atoms with Gasteiger partial charge >= 0.3 is 0 Å². The molecule has 0 amide bonds. The second-order valence-corrected chi connectivity index (χ2v) is 4.07. The van der Waals surface area contributed by atoms with Gasteiger partial charge in [-0.15, -0.1) is 12.8 Å². The van der Waals surface area contributed by atoms with Crippen molar-refractivity contribution < 1.29 is 10.2 Å². The summed E-state index contributed by atoms with van der Waals surface area (Å²) in [6, 6.07) is 0. The van der Waals surface area contributed by atoms with Gasteiger partial charge in [0.25, 0.3) is 0 Å². The Morgan fingerprint density at radius 1 is 0.778 bits per heavy atom. The van der Waals surface area contributed by atoms with E-state index in [2.05, 4.69) is 11.8 Å². The minimum absolute atomic E-state index is 0.752. The summed E-state index contributed by atoms with van der Waals surface area (Å²) in [5.41, 5.74) is 0. The van der Waals surface area contributed by atoms with Crippen molar-refractivity contribution in [2.45, 2.75) is 50.7 Å². The second kappa shape index (κ2) is 12.0. The maximum atomic E-state index is 9.06. The first kappa shape index (κ1) is 16.5. The molecule has 0 aromatic heterocycles. The SMILES string of the molecule is C#CC(O)/C=C/CCCCCC/C=C/C(O)C#C. The van der Waals surface area contributed by atoms with E-state index in [4.69, 9.17) is 23.1 Å². The highest BCUT2D eigenvalue weighted by Gasteiger charge is 1.91. The molecule has 0 radical (unpaired) electrons. The van der Waals surface area contributed by atoms with Crippen LogP contribution >= 0.6 is 0 Å². The number of terminal acetylenes is 2. The van der Waals surface area contributed by atoms with E-state index in [1.165, 1.54) is 0 Å². The van der Waals surface area contributed by atoms with E-state index >= 15 is 0 Å². The number of hydrogen-bond acceptors (Lipinski definition) is 2. The van der Waals surface area contributed by atoms with Gasteiger partial charge in [0.05, 0.1) is 0 Å². The molecule has 0 aliphatic heterocycles. The molecule has 0 aromatic rings. The summed E-state index contributed by atoms with van der Waals surface area (Å²) in [5.74, 6) is 4.46. The van der Waals surface area contributed by atoms with Crippen molar-refractivity contribution in [2.75, 3.05) is 0 Å². The highest BCUT2D eigenvalue weighted by atomic mass is 16.3. The predicted octanol–water partition coefficient (Wildman–Crippen LogP) is 2.43. The van der Waals surface area contributed by atoms with Crippen LogP contribution in [0.25, 0.3) is 0 Å². The number of allylic oxidation sites excluding steroid dienone is 2. The molecule has 2 unspecified atom stereocenters. The Morgan fingerprint density at radius 2 is 1.17 bits per heavy atom. The van der Waals surface area contributed by atoms with Crippen molar-refractivity contribution in [3.8, 4) is 24.7 Å². The van der Waals surface area contributed by atoms with Crippen LogP contribution in [0.1, 0.15) is 38.5 Å². The number of hydrogen-bond donors (Lipinski definition) is 2. The van der Waals surface area contributed by atoms with Gasteiger partial charge in [-0.1, -0.05) is 36.8 Å². The summed E-state index contributed by atoms with van der Waals surface area (Å²) in [6.07, 6.45) is 22.1. The van der Waals surface area contributed by atoms with Crippen LogP contribution in [0, 0.1) is 24.7 Å². The van der Waals surface area contributed by atoms with Crippen LogP contribution in [0.5, 0.6) is 0 Å². The normalized spacial score (nSPS) is 14.4. The van der Waals surface area contributed by atoms with Crippen LogP contribution in [0.4, 0.5) is 0 Å². The third-order valence-corrected chi connectivity index (χ3v) is 2.47. The predicted molar refractivity (Wildman–Crippen MR) is 75.7 cm³/mol. The maximum absolute atomic E-state index is 9.06. The fourth-order valence-electron chi connectivity index (χ4n) is 1.44. The lowest BCUT2D eigenvalue weighted by Gasteiger charge is -1.98. The Balaban J connectivity index is 3.33. The maximum Gasteiger partial charge on any atom is 0.133 e. The smallest absolute Gasteiger partial charge is 0.133 e. The van der Waals surface area contributed by atoms with Crippen molar-refractivity contribution in [2.24, 2.45) is 0 Å². The molecule has 0 rings (SSSR count). The lowest BCUT2D eigenvalue weighted by atomic mass is 10.1. The quantitative estimate of drug-likeness (QED) is 0.373. The van der Waals surface area contributed by atoms with Crippen molar-refractivity contribution in [1.29, 1.82) is 0 Å². The molecule has 0 saturated heterocycles. The third-order valence-electron chi connectivity index (χ3n) is 2.47. The first-order chi connectivity index (χ1) is 8.70. The van der Waals surface area contributed by atoms with Gasteiger partial charge in [0.15, 0.2) is 0 Å². The largest absolute Gasteiger partial charge is 0.377 e. The molecule has 0 aromatic carbocycles. The molecule has 2 atom stereocenters. The average Bonchev–Trinajstić information content (AvgIpc) is 2.40. The Hall–Kier alpha value is -1.48. The van der Waals surface area contributed by atoms with E-state index in [1.54, 1.807) is 12.2 Å². The van der Waals surface area contributed by atoms with Gasteiger partial charge in [0, 0.05) is 0 Å². The zero-order valence-corrected chi connectivity index (χ0v) is 10.8. The number of unbranched alkanes of at least 4 members (excludes halogenated alkanes) is 5. The summed E-state index contributed by atoms with van der Waals surface area (Å²) in [4.78, 5) is 0. The lowest BCUT2D eigenvalue weighted by Crippen LogP contribution is -1.95. The Bertz CT molecular complexity index is 294. The van der Waals surface area contributed by atoms with Gasteiger partial charge in [0.2, 0.25) is 0 Å². The fraction of sp³-hybridized carbons (Fsp3) is 0.500. The molecule has 0 bridgehead atoms. The van der Waals surface area contributed by atoms with Gasteiger partial charge in [-0.3, -0.25) is 0 Å². The van der Waals surface area contributed by atoms with Gasteiger partial charge in [-0.05, 0) is 37.8 Å². The van der Waals surface area contributed by atoms with Crippen LogP contribution in [-0.2, 0) is 0 Å². The Labute approximate surface area is 110 Å². The van der Waals surface area contributed by atoms with Crippen molar-refractivity contribution in [1.82, 2.24) is 0 Å². The Morgan fingerprint density at radius 3 is 1.50 bits per heavy atom. The molecule has 0 spiro atoms. The number of aliphatic hydroxyl groups excluding tert-OH is 2. The molecule has 2 nitrogen and oxygen atoms in total. The summed E-state index contributed by atoms with van der Waals surface area (Å²) < 4.78 is 0. The van der Waals surface area contributed by atoms with Gasteiger partial charge in [-0.25, -0.2) is 0 Å². The molecule has 98 valence electrons. The van der Waals surface area contributed by atoms with Gasteiger partial charge in [0.1, 0.15) is 12.2 Å².